The van der Waals surface area contributed by atoms with E-state index in [1.807, 2.05) is 5.38 Å². The van der Waals surface area contributed by atoms with Crippen LogP contribution >= 0.6 is 11.3 Å². The number of nitrogens with zero attached hydrogens (tertiary/aromatic N) is 3. The summed E-state index contributed by atoms with van der Waals surface area (Å²) in [6.45, 7) is 7.21. The lowest BCUT2D eigenvalue weighted by Crippen LogP contribution is -2.50. The molecule has 5 nitrogen and oxygen atoms in total. The first kappa shape index (κ1) is 19.9. The topological polar surface area (TPSA) is 48.5 Å². The van der Waals surface area contributed by atoms with Crippen molar-refractivity contribution in [2.75, 3.05) is 39.8 Å². The number of aromatic nitrogens is 1. The molecule has 0 aliphatic carbocycles. The number of thiazole rings is 1. The third-order valence-electron chi connectivity index (χ3n) is 4.93. The van der Waals surface area contributed by atoms with Crippen LogP contribution in [-0.2, 0) is 11.2 Å². The van der Waals surface area contributed by atoms with Crippen LogP contribution in [-0.4, -0.2) is 66.5 Å². The fourth-order valence-electron chi connectivity index (χ4n) is 3.21. The van der Waals surface area contributed by atoms with E-state index in [1.54, 1.807) is 18.2 Å². The maximum absolute atomic E-state index is 13.9. The van der Waals surface area contributed by atoms with E-state index >= 15 is 0 Å². The Morgan fingerprint density at radius 2 is 2.04 bits per heavy atom. The fourth-order valence-corrected chi connectivity index (χ4v) is 4.05. The van der Waals surface area contributed by atoms with Crippen LogP contribution in [0.1, 0.15) is 19.0 Å². The molecule has 1 fully saturated rings. The smallest absolute Gasteiger partial charge is 0.226 e. The lowest BCUT2D eigenvalue weighted by atomic mass is 10.1. The Bertz CT molecular complexity index is 758. The predicted octanol–water partition coefficient (Wildman–Crippen LogP) is 2.63. The number of hydrogen-bond acceptors (Lipinski definition) is 5. The van der Waals surface area contributed by atoms with Crippen LogP contribution in [0.5, 0.6) is 0 Å². The lowest BCUT2D eigenvalue weighted by Gasteiger charge is -2.34. The highest BCUT2D eigenvalue weighted by atomic mass is 32.1. The molecule has 0 spiro atoms. The van der Waals surface area contributed by atoms with E-state index in [4.69, 9.17) is 0 Å². The van der Waals surface area contributed by atoms with Gasteiger partial charge in [-0.15, -0.1) is 11.3 Å². The van der Waals surface area contributed by atoms with Gasteiger partial charge in [-0.3, -0.25) is 9.69 Å². The SMILES string of the molecule is CC[C@H](CN1CCN(C)CC1)NC(=O)Cc1csc(-c2ccccc2F)n1. The van der Waals surface area contributed by atoms with Crippen LogP contribution in [0.25, 0.3) is 10.6 Å². The van der Waals surface area contributed by atoms with Gasteiger partial charge >= 0.3 is 0 Å². The molecule has 27 heavy (non-hydrogen) atoms. The third kappa shape index (κ3) is 5.57. The Labute approximate surface area is 164 Å². The summed E-state index contributed by atoms with van der Waals surface area (Å²) < 4.78 is 13.9. The molecule has 7 heteroatoms. The molecular weight excluding hydrogens is 363 g/mol. The van der Waals surface area contributed by atoms with Gasteiger partial charge in [-0.2, -0.15) is 0 Å². The molecule has 1 aliphatic rings. The maximum atomic E-state index is 13.9. The molecule has 146 valence electrons. The molecule has 1 aromatic carbocycles. The molecule has 1 saturated heterocycles. The van der Waals surface area contributed by atoms with Crippen LogP contribution < -0.4 is 5.32 Å². The van der Waals surface area contributed by atoms with E-state index in [2.05, 4.69) is 34.1 Å². The van der Waals surface area contributed by atoms with E-state index in [0.717, 1.165) is 39.1 Å². The Kier molecular flexibility index (Phi) is 6.93. The normalized spacial score (nSPS) is 17.0. The van der Waals surface area contributed by atoms with Gasteiger partial charge in [-0.1, -0.05) is 19.1 Å². The van der Waals surface area contributed by atoms with E-state index < -0.39 is 0 Å². The highest BCUT2D eigenvalue weighted by Crippen LogP contribution is 2.26. The molecule has 0 radical (unpaired) electrons. The van der Waals surface area contributed by atoms with Gasteiger partial charge in [0.1, 0.15) is 10.8 Å². The molecule has 1 aliphatic heterocycles. The second-order valence-corrected chi connectivity index (χ2v) is 7.94. The van der Waals surface area contributed by atoms with Gasteiger partial charge in [0.2, 0.25) is 5.91 Å². The Morgan fingerprint density at radius 3 is 2.74 bits per heavy atom. The highest BCUT2D eigenvalue weighted by molar-refractivity contribution is 7.13. The van der Waals surface area contributed by atoms with Crippen molar-refractivity contribution in [1.29, 1.82) is 0 Å². The molecule has 0 unspecified atom stereocenters. The van der Waals surface area contributed by atoms with Gasteiger partial charge in [0.25, 0.3) is 0 Å². The summed E-state index contributed by atoms with van der Waals surface area (Å²) in [5.74, 6) is -0.317. The first-order valence-electron chi connectivity index (χ1n) is 9.44. The van der Waals surface area contributed by atoms with Gasteiger partial charge in [0, 0.05) is 49.7 Å². The van der Waals surface area contributed by atoms with Crippen molar-refractivity contribution in [2.45, 2.75) is 25.8 Å². The predicted molar refractivity (Wildman–Crippen MR) is 107 cm³/mol. The van der Waals surface area contributed by atoms with Gasteiger partial charge in [0.15, 0.2) is 0 Å². The standard InChI is InChI=1S/C20H27FN4OS/c1-3-15(13-25-10-8-24(2)9-11-25)22-19(26)12-16-14-27-20(23-16)17-6-4-5-7-18(17)21/h4-7,14-15H,3,8-13H2,1-2H3,(H,22,26)/t15-/m1/s1. The van der Waals surface area contributed by atoms with Crippen molar-refractivity contribution >= 4 is 17.2 Å². The number of carbonyl (C=O) groups excluding carboxylic acids is 1. The van der Waals surface area contributed by atoms with E-state index in [-0.39, 0.29) is 24.2 Å². The zero-order valence-electron chi connectivity index (χ0n) is 15.9. The van der Waals surface area contributed by atoms with Gasteiger partial charge in [0.05, 0.1) is 12.1 Å². The minimum absolute atomic E-state index is 0.0265. The summed E-state index contributed by atoms with van der Waals surface area (Å²) in [4.78, 5) is 21.6. The second kappa shape index (κ2) is 9.39. The molecule has 1 atom stereocenters. The molecule has 2 aromatic rings. The number of likely N-dealkylation sites (N-methyl/N-ethyl adjacent to an activating group) is 1. The average Bonchev–Trinajstić information content (AvgIpc) is 3.11. The van der Waals surface area contributed by atoms with Gasteiger partial charge in [-0.25, -0.2) is 9.37 Å². The largest absolute Gasteiger partial charge is 0.352 e. The summed E-state index contributed by atoms with van der Waals surface area (Å²) in [5.41, 5.74) is 1.17. The Hall–Kier alpha value is -1.83. The number of carbonyl (C=O) groups is 1. The molecule has 1 aromatic heterocycles. The molecular formula is C20H27FN4OS. The summed E-state index contributed by atoms with van der Waals surface area (Å²) in [6.07, 6.45) is 1.12. The van der Waals surface area contributed by atoms with Crippen LogP contribution in [0.3, 0.4) is 0 Å². The maximum Gasteiger partial charge on any atom is 0.226 e. The lowest BCUT2D eigenvalue weighted by molar-refractivity contribution is -0.121. The summed E-state index contributed by atoms with van der Waals surface area (Å²) in [5, 5.41) is 5.58. The highest BCUT2D eigenvalue weighted by Gasteiger charge is 2.19. The van der Waals surface area contributed by atoms with Crippen molar-refractivity contribution in [2.24, 2.45) is 0 Å². The van der Waals surface area contributed by atoms with Crippen molar-refractivity contribution < 1.29 is 9.18 Å². The minimum atomic E-state index is -0.291. The number of rotatable bonds is 7. The van der Waals surface area contributed by atoms with Crippen LogP contribution in [0.15, 0.2) is 29.6 Å². The monoisotopic (exact) mass is 390 g/mol. The van der Waals surface area contributed by atoms with Gasteiger partial charge in [-0.05, 0) is 25.6 Å². The van der Waals surface area contributed by atoms with Crippen LogP contribution in [0.4, 0.5) is 4.39 Å². The number of piperazine rings is 1. The molecule has 2 heterocycles. The Morgan fingerprint density at radius 1 is 1.30 bits per heavy atom. The van der Waals surface area contributed by atoms with Crippen molar-refractivity contribution in [3.8, 4) is 10.6 Å². The van der Waals surface area contributed by atoms with Crippen LogP contribution in [0.2, 0.25) is 0 Å². The first-order valence-corrected chi connectivity index (χ1v) is 10.3. The quantitative estimate of drug-likeness (QED) is 0.790. The van der Waals surface area contributed by atoms with Gasteiger partial charge < -0.3 is 10.2 Å². The number of halogens is 1. The zero-order chi connectivity index (χ0) is 19.2. The van der Waals surface area contributed by atoms with E-state index in [1.165, 1.54) is 17.4 Å². The fraction of sp³-hybridized carbons (Fsp3) is 0.500. The summed E-state index contributed by atoms with van der Waals surface area (Å²) in [7, 11) is 2.14. The van der Waals surface area contributed by atoms with Crippen molar-refractivity contribution in [1.82, 2.24) is 20.1 Å². The van der Waals surface area contributed by atoms with E-state index in [9.17, 15) is 9.18 Å². The van der Waals surface area contributed by atoms with Crippen molar-refractivity contribution in [3.63, 3.8) is 0 Å². The third-order valence-corrected chi connectivity index (χ3v) is 5.85. The summed E-state index contributed by atoms with van der Waals surface area (Å²) in [6, 6.07) is 6.72. The van der Waals surface area contributed by atoms with Crippen molar-refractivity contribution in [3.05, 3.63) is 41.2 Å². The number of hydrogen-bond donors (Lipinski definition) is 1. The number of benzene rings is 1. The van der Waals surface area contributed by atoms with E-state index in [0.29, 0.717) is 16.3 Å². The number of nitrogens with one attached hydrogen (secondary N) is 1. The summed E-state index contributed by atoms with van der Waals surface area (Å²) >= 11 is 1.37. The molecule has 1 amide bonds. The molecule has 0 saturated carbocycles. The molecule has 1 N–H and O–H groups in total. The Balaban J connectivity index is 1.53. The minimum Gasteiger partial charge on any atom is -0.352 e. The first-order chi connectivity index (χ1) is 13.0. The zero-order valence-corrected chi connectivity index (χ0v) is 16.8. The average molecular weight is 391 g/mol. The molecule has 0 bridgehead atoms. The van der Waals surface area contributed by atoms with Crippen LogP contribution in [0, 0.1) is 5.82 Å². The molecule has 3 rings (SSSR count). The number of amides is 1. The second-order valence-electron chi connectivity index (χ2n) is 7.08.